The molecule has 0 amide bonds. The van der Waals surface area contributed by atoms with Gasteiger partial charge < -0.3 is 0 Å². The Morgan fingerprint density at radius 2 is 1.27 bits per heavy atom. The molecule has 0 heterocycles. The quantitative estimate of drug-likeness (QED) is 0.150. The van der Waals surface area contributed by atoms with E-state index < -0.39 is 12.0 Å². The highest BCUT2D eigenvalue weighted by atomic mass is 31.2. The summed E-state index contributed by atoms with van der Waals surface area (Å²) in [5, 5.41) is 14.6. The molecule has 0 radical (unpaired) electrons. The lowest BCUT2D eigenvalue weighted by Crippen LogP contribution is -2.25. The fourth-order valence-corrected chi connectivity index (χ4v) is 7.27. The molecule has 0 fully saturated rings. The Hall–Kier alpha value is -4.26. The Balaban J connectivity index is 2.14. The lowest BCUT2D eigenvalue weighted by molar-refractivity contribution is -0.384. The third kappa shape index (κ3) is 4.52. The average molecular weight is 449 g/mol. The van der Waals surface area contributed by atoms with E-state index in [1.165, 1.54) is 18.3 Å². The molecule has 0 bridgehead atoms. The number of benzene rings is 4. The van der Waals surface area contributed by atoms with Gasteiger partial charge in [0.25, 0.3) is 5.69 Å². The highest BCUT2D eigenvalue weighted by Crippen LogP contribution is 2.50. The maximum atomic E-state index is 11.4. The minimum atomic E-state index is -2.53. The first kappa shape index (κ1) is 22.0. The van der Waals surface area contributed by atoms with Gasteiger partial charge in [-0.1, -0.05) is 97.1 Å². The van der Waals surface area contributed by atoms with Crippen LogP contribution in [0.25, 0.3) is 10.9 Å². The largest absolute Gasteiger partial charge is 0.270 e. The van der Waals surface area contributed by atoms with Crippen molar-refractivity contribution in [1.29, 1.82) is 0 Å². The summed E-state index contributed by atoms with van der Waals surface area (Å²) >= 11 is 0. The molecule has 4 rings (SSSR count). The summed E-state index contributed by atoms with van der Waals surface area (Å²) in [5.74, 6) is 0. The average Bonchev–Trinajstić information content (AvgIpc) is 2.88. The predicted molar refractivity (Wildman–Crippen MR) is 136 cm³/mol. The Labute approximate surface area is 192 Å². The summed E-state index contributed by atoms with van der Waals surface area (Å²) in [6.07, 6.45) is 2.88. The third-order valence-corrected chi connectivity index (χ3v) is 8.85. The first-order valence-corrected chi connectivity index (χ1v) is 12.0. The van der Waals surface area contributed by atoms with Gasteiger partial charge in [0.05, 0.1) is 24.2 Å². The predicted octanol–water partition coefficient (Wildman–Crippen LogP) is 6.29. The zero-order valence-electron chi connectivity index (χ0n) is 17.7. The number of nitro benzene ring substituents is 1. The van der Waals surface area contributed by atoms with Crippen molar-refractivity contribution in [3.05, 3.63) is 142 Å². The molecule has 0 aliphatic heterocycles. The molecule has 0 atom stereocenters. The Bertz CT molecular complexity index is 1290. The molecule has 33 heavy (non-hydrogen) atoms. The first-order chi connectivity index (χ1) is 16.1. The van der Waals surface area contributed by atoms with Crippen LogP contribution in [0.3, 0.4) is 0 Å². The van der Waals surface area contributed by atoms with Crippen molar-refractivity contribution in [2.45, 2.75) is 0 Å². The molecule has 4 aromatic rings. The van der Waals surface area contributed by atoms with Crippen molar-refractivity contribution < 1.29 is 4.92 Å². The SMILES string of the molecule is [C-]#[N+]/C=C/c1cc([N+](=O)[O-])ccc1N=P(c1ccccc1)(c1ccccc1)c1ccccc1. The van der Waals surface area contributed by atoms with E-state index in [4.69, 9.17) is 11.3 Å². The van der Waals surface area contributed by atoms with E-state index in [-0.39, 0.29) is 5.69 Å². The van der Waals surface area contributed by atoms with Crippen LogP contribution in [-0.4, -0.2) is 4.92 Å². The van der Waals surface area contributed by atoms with Gasteiger partial charge in [-0.3, -0.25) is 14.9 Å². The zero-order valence-corrected chi connectivity index (χ0v) is 18.5. The highest BCUT2D eigenvalue weighted by Gasteiger charge is 2.27. The molecular weight excluding hydrogens is 429 g/mol. The van der Waals surface area contributed by atoms with Gasteiger partial charge in [0.15, 0.2) is 6.20 Å². The summed E-state index contributed by atoms with van der Waals surface area (Å²) in [5.41, 5.74) is 1.10. The van der Waals surface area contributed by atoms with Gasteiger partial charge >= 0.3 is 0 Å². The molecule has 4 aromatic carbocycles. The number of nitro groups is 1. The maximum absolute atomic E-state index is 11.4. The lowest BCUT2D eigenvalue weighted by atomic mass is 10.1. The molecule has 5 nitrogen and oxygen atoms in total. The molecule has 0 N–H and O–H groups in total. The van der Waals surface area contributed by atoms with Crippen LogP contribution in [0.5, 0.6) is 0 Å². The second kappa shape index (κ2) is 9.91. The van der Waals surface area contributed by atoms with Gasteiger partial charge in [-0.05, 0) is 11.6 Å². The molecule has 0 aromatic heterocycles. The second-order valence-corrected chi connectivity index (χ2v) is 10.2. The minimum Gasteiger partial charge on any atom is -0.258 e. The number of hydrogen-bond acceptors (Lipinski definition) is 3. The normalized spacial score (nSPS) is 11.1. The molecule has 0 saturated carbocycles. The van der Waals surface area contributed by atoms with E-state index >= 15 is 0 Å². The standard InChI is InChI=1S/C27H20N3O2P/c1-28-20-19-22-21-23(30(31)32)17-18-27(22)29-33(24-11-5-2-6-12-24,25-13-7-3-8-14-25)26-15-9-4-10-16-26/h2-21H/b20-19+. The third-order valence-electron chi connectivity index (χ3n) is 5.20. The summed E-state index contributed by atoms with van der Waals surface area (Å²) < 4.78 is 5.39. The molecule has 0 aliphatic carbocycles. The summed E-state index contributed by atoms with van der Waals surface area (Å²) in [6, 6.07) is 35.0. The van der Waals surface area contributed by atoms with Crippen molar-refractivity contribution in [3.63, 3.8) is 0 Å². The van der Waals surface area contributed by atoms with Crippen LogP contribution in [0.4, 0.5) is 11.4 Å². The van der Waals surface area contributed by atoms with Crippen molar-refractivity contribution in [2.24, 2.45) is 4.74 Å². The van der Waals surface area contributed by atoms with Crippen LogP contribution in [0.1, 0.15) is 5.56 Å². The van der Waals surface area contributed by atoms with Crippen molar-refractivity contribution in [2.75, 3.05) is 0 Å². The molecule has 6 heteroatoms. The van der Waals surface area contributed by atoms with Crippen LogP contribution >= 0.6 is 7.05 Å². The summed E-state index contributed by atoms with van der Waals surface area (Å²) in [4.78, 5) is 14.2. The van der Waals surface area contributed by atoms with Crippen LogP contribution in [0.15, 0.2) is 120 Å². The lowest BCUT2D eigenvalue weighted by Gasteiger charge is -2.27. The van der Waals surface area contributed by atoms with E-state index in [1.807, 2.05) is 54.6 Å². The molecule has 160 valence electrons. The van der Waals surface area contributed by atoms with Crippen molar-refractivity contribution in [3.8, 4) is 0 Å². The van der Waals surface area contributed by atoms with Gasteiger partial charge in [-0.2, -0.15) is 0 Å². The molecule has 0 aliphatic rings. The van der Waals surface area contributed by atoms with Crippen molar-refractivity contribution >= 4 is 40.4 Å². The maximum Gasteiger partial charge on any atom is 0.270 e. The molecule has 0 unspecified atom stereocenters. The number of non-ortho nitro benzene ring substituents is 1. The smallest absolute Gasteiger partial charge is 0.258 e. The first-order valence-electron chi connectivity index (χ1n) is 10.3. The highest BCUT2D eigenvalue weighted by molar-refractivity contribution is 7.87. The van der Waals surface area contributed by atoms with Crippen molar-refractivity contribution in [1.82, 2.24) is 0 Å². The van der Waals surface area contributed by atoms with E-state index in [1.54, 1.807) is 12.1 Å². The van der Waals surface area contributed by atoms with Gasteiger partial charge in [-0.25, -0.2) is 4.85 Å². The Kier molecular flexibility index (Phi) is 6.59. The number of rotatable bonds is 6. The Morgan fingerprint density at radius 3 is 1.70 bits per heavy atom. The minimum absolute atomic E-state index is 0.0401. The van der Waals surface area contributed by atoms with E-state index in [0.717, 1.165) is 15.9 Å². The van der Waals surface area contributed by atoms with Crippen LogP contribution in [0, 0.1) is 16.7 Å². The van der Waals surface area contributed by atoms with Gasteiger partial charge in [0.2, 0.25) is 0 Å². The topological polar surface area (TPSA) is 59.9 Å². The molecule has 0 spiro atoms. The zero-order chi connectivity index (χ0) is 23.1. The van der Waals surface area contributed by atoms with Gasteiger partial charge in [0.1, 0.15) is 0 Å². The Morgan fingerprint density at radius 1 is 0.788 bits per heavy atom. The van der Waals surface area contributed by atoms with Crippen LogP contribution in [-0.2, 0) is 0 Å². The molecule has 0 saturated heterocycles. The summed E-state index contributed by atoms with van der Waals surface area (Å²) in [6.45, 7) is 7.12. The van der Waals surface area contributed by atoms with Gasteiger partial charge in [0, 0.05) is 28.0 Å². The number of nitrogens with zero attached hydrogens (tertiary/aromatic N) is 3. The van der Waals surface area contributed by atoms with E-state index in [9.17, 15) is 10.1 Å². The number of hydrogen-bond donors (Lipinski definition) is 0. The van der Waals surface area contributed by atoms with E-state index in [2.05, 4.69) is 41.2 Å². The van der Waals surface area contributed by atoms with Crippen LogP contribution in [0.2, 0.25) is 0 Å². The van der Waals surface area contributed by atoms with Gasteiger partial charge in [-0.15, -0.1) is 0 Å². The monoisotopic (exact) mass is 449 g/mol. The summed E-state index contributed by atoms with van der Waals surface area (Å²) in [7, 11) is -2.53. The molecular formula is C27H20N3O2P. The fraction of sp³-hybridized carbons (Fsp3) is 0. The van der Waals surface area contributed by atoms with E-state index in [0.29, 0.717) is 11.3 Å². The fourth-order valence-electron chi connectivity index (χ4n) is 3.71. The second-order valence-electron chi connectivity index (χ2n) is 7.19. The van der Waals surface area contributed by atoms with Crippen LogP contribution < -0.4 is 15.9 Å².